The second-order valence-electron chi connectivity index (χ2n) is 6.28. The van der Waals surface area contributed by atoms with E-state index in [0.717, 1.165) is 11.6 Å². The van der Waals surface area contributed by atoms with Crippen molar-refractivity contribution in [2.75, 3.05) is 27.7 Å². The molecule has 0 spiro atoms. The van der Waals surface area contributed by atoms with Gasteiger partial charge in [-0.3, -0.25) is 9.79 Å². The molecule has 1 amide bonds. The molecule has 2 aromatic carbocycles. The van der Waals surface area contributed by atoms with E-state index in [1.54, 1.807) is 33.3 Å². The number of hydrogen-bond donors (Lipinski definition) is 2. The van der Waals surface area contributed by atoms with Crippen LogP contribution in [0.15, 0.2) is 47.5 Å². The minimum atomic E-state index is -0.580. The maximum Gasteiger partial charge on any atom is 0.253 e. The van der Waals surface area contributed by atoms with Crippen LogP contribution in [0.2, 0.25) is 0 Å². The number of carbonyl (C=O) groups is 1. The van der Waals surface area contributed by atoms with E-state index in [4.69, 9.17) is 0 Å². The van der Waals surface area contributed by atoms with Crippen LogP contribution in [0.5, 0.6) is 0 Å². The van der Waals surface area contributed by atoms with Crippen LogP contribution in [0.3, 0.4) is 0 Å². The lowest BCUT2D eigenvalue weighted by molar-refractivity contribution is 0.0827. The number of halogens is 2. The fourth-order valence-electron chi connectivity index (χ4n) is 2.51. The summed E-state index contributed by atoms with van der Waals surface area (Å²) in [5.74, 6) is -0.617. The minimum Gasteiger partial charge on any atom is -0.356 e. The monoisotopic (exact) mass is 374 g/mol. The Balaban J connectivity index is 1.82. The summed E-state index contributed by atoms with van der Waals surface area (Å²) in [5.41, 5.74) is 2.21. The molecule has 0 radical (unpaired) electrons. The first kappa shape index (κ1) is 20.4. The topological polar surface area (TPSA) is 56.7 Å². The van der Waals surface area contributed by atoms with E-state index in [1.807, 2.05) is 12.1 Å². The van der Waals surface area contributed by atoms with Gasteiger partial charge in [0, 0.05) is 45.9 Å². The fourth-order valence-corrected chi connectivity index (χ4v) is 2.51. The van der Waals surface area contributed by atoms with Gasteiger partial charge in [-0.05, 0) is 41.8 Å². The molecule has 0 aromatic heterocycles. The molecule has 2 rings (SSSR count). The van der Waals surface area contributed by atoms with E-state index < -0.39 is 11.6 Å². The van der Waals surface area contributed by atoms with Gasteiger partial charge >= 0.3 is 0 Å². The number of benzene rings is 2. The fraction of sp³-hybridized carbons (Fsp3) is 0.300. The number of amides is 1. The zero-order valence-electron chi connectivity index (χ0n) is 15.7. The van der Waals surface area contributed by atoms with Gasteiger partial charge in [-0.15, -0.1) is 0 Å². The summed E-state index contributed by atoms with van der Waals surface area (Å²) in [6.07, 6.45) is 0.469. The Bertz CT molecular complexity index is 784. The number of aliphatic imine (C=N–C) groups is 1. The highest BCUT2D eigenvalue weighted by Gasteiger charge is 2.07. The molecule has 0 saturated heterocycles. The molecule has 7 heteroatoms. The van der Waals surface area contributed by atoms with E-state index in [9.17, 15) is 13.6 Å². The lowest BCUT2D eigenvalue weighted by Crippen LogP contribution is -2.37. The maximum absolute atomic E-state index is 13.2. The Morgan fingerprint density at radius 2 is 1.63 bits per heavy atom. The second kappa shape index (κ2) is 9.66. The Kier molecular flexibility index (Phi) is 7.28. The SMILES string of the molecule is CN=C(NCCc1cc(F)cc(F)c1)NCc1ccc(C(=O)N(C)C)cc1. The second-order valence-corrected chi connectivity index (χ2v) is 6.28. The van der Waals surface area contributed by atoms with Crippen LogP contribution < -0.4 is 10.6 Å². The minimum absolute atomic E-state index is 0.0410. The largest absolute Gasteiger partial charge is 0.356 e. The molecule has 0 unspecified atom stereocenters. The van der Waals surface area contributed by atoms with E-state index in [-0.39, 0.29) is 5.91 Å². The van der Waals surface area contributed by atoms with Crippen LogP contribution >= 0.6 is 0 Å². The first-order valence-corrected chi connectivity index (χ1v) is 8.59. The number of hydrogen-bond acceptors (Lipinski definition) is 2. The molecule has 144 valence electrons. The van der Waals surface area contributed by atoms with E-state index in [1.165, 1.54) is 17.0 Å². The van der Waals surface area contributed by atoms with E-state index in [0.29, 0.717) is 36.6 Å². The molecule has 5 nitrogen and oxygen atoms in total. The molecule has 0 saturated carbocycles. The first-order chi connectivity index (χ1) is 12.9. The number of carbonyl (C=O) groups excluding carboxylic acids is 1. The molecule has 0 heterocycles. The number of nitrogens with one attached hydrogen (secondary N) is 2. The third-order valence-electron chi connectivity index (χ3n) is 3.92. The van der Waals surface area contributed by atoms with Crippen molar-refractivity contribution in [2.24, 2.45) is 4.99 Å². The maximum atomic E-state index is 13.2. The Labute approximate surface area is 158 Å². The molecule has 0 bridgehead atoms. The van der Waals surface area contributed by atoms with Gasteiger partial charge in [-0.25, -0.2) is 8.78 Å². The van der Waals surface area contributed by atoms with Crippen molar-refractivity contribution in [3.63, 3.8) is 0 Å². The summed E-state index contributed by atoms with van der Waals surface area (Å²) in [5, 5.41) is 6.27. The Morgan fingerprint density at radius 3 is 2.19 bits per heavy atom. The standard InChI is InChI=1S/C20H24F2N4O/c1-23-20(24-9-8-15-10-17(21)12-18(22)11-15)25-13-14-4-6-16(7-5-14)19(27)26(2)3/h4-7,10-12H,8-9,13H2,1-3H3,(H2,23,24,25). The normalized spacial score (nSPS) is 11.2. The highest BCUT2D eigenvalue weighted by atomic mass is 19.1. The summed E-state index contributed by atoms with van der Waals surface area (Å²) in [4.78, 5) is 17.5. The summed E-state index contributed by atoms with van der Waals surface area (Å²) >= 11 is 0. The van der Waals surface area contributed by atoms with Gasteiger partial charge < -0.3 is 15.5 Å². The smallest absolute Gasteiger partial charge is 0.253 e. The Morgan fingerprint density at radius 1 is 1.00 bits per heavy atom. The van der Waals surface area contributed by atoms with Gasteiger partial charge in [0.25, 0.3) is 5.91 Å². The third kappa shape index (κ3) is 6.36. The van der Waals surface area contributed by atoms with Crippen LogP contribution in [0.4, 0.5) is 8.78 Å². The van der Waals surface area contributed by atoms with Crippen molar-refractivity contribution >= 4 is 11.9 Å². The van der Waals surface area contributed by atoms with Crippen LogP contribution in [-0.4, -0.2) is 44.5 Å². The Hall–Kier alpha value is -2.96. The van der Waals surface area contributed by atoms with E-state index in [2.05, 4.69) is 15.6 Å². The van der Waals surface area contributed by atoms with Gasteiger partial charge in [0.2, 0.25) is 0 Å². The first-order valence-electron chi connectivity index (χ1n) is 8.59. The summed E-state index contributed by atoms with van der Waals surface area (Å²) in [6, 6.07) is 10.8. The molecule has 0 aliphatic carbocycles. The number of nitrogens with zero attached hydrogens (tertiary/aromatic N) is 2. The summed E-state index contributed by atoms with van der Waals surface area (Å²) in [6.45, 7) is 1.02. The number of rotatable bonds is 6. The third-order valence-corrected chi connectivity index (χ3v) is 3.92. The van der Waals surface area contributed by atoms with Crippen LogP contribution in [-0.2, 0) is 13.0 Å². The quantitative estimate of drug-likeness (QED) is 0.604. The van der Waals surface area contributed by atoms with Crippen LogP contribution in [0.1, 0.15) is 21.5 Å². The molecule has 2 N–H and O–H groups in total. The summed E-state index contributed by atoms with van der Waals surface area (Å²) < 4.78 is 26.4. The number of guanidine groups is 1. The van der Waals surface area contributed by atoms with E-state index >= 15 is 0 Å². The average Bonchev–Trinajstić information content (AvgIpc) is 2.63. The van der Waals surface area contributed by atoms with Gasteiger partial charge in [-0.2, -0.15) is 0 Å². The highest BCUT2D eigenvalue weighted by Crippen LogP contribution is 2.08. The highest BCUT2D eigenvalue weighted by molar-refractivity contribution is 5.93. The van der Waals surface area contributed by atoms with Crippen molar-refractivity contribution in [1.82, 2.24) is 15.5 Å². The predicted molar refractivity (Wildman–Crippen MR) is 103 cm³/mol. The predicted octanol–water partition coefficient (Wildman–Crippen LogP) is 2.57. The van der Waals surface area contributed by atoms with Gasteiger partial charge in [0.1, 0.15) is 11.6 Å². The molecular weight excluding hydrogens is 350 g/mol. The van der Waals surface area contributed by atoms with Crippen molar-refractivity contribution in [3.8, 4) is 0 Å². The molecule has 27 heavy (non-hydrogen) atoms. The average molecular weight is 374 g/mol. The van der Waals surface area contributed by atoms with Crippen molar-refractivity contribution in [3.05, 3.63) is 70.8 Å². The summed E-state index contributed by atoms with van der Waals surface area (Å²) in [7, 11) is 5.08. The lowest BCUT2D eigenvalue weighted by atomic mass is 10.1. The van der Waals surface area contributed by atoms with Crippen LogP contribution in [0.25, 0.3) is 0 Å². The van der Waals surface area contributed by atoms with Gasteiger partial charge in [-0.1, -0.05) is 12.1 Å². The van der Waals surface area contributed by atoms with Crippen molar-refractivity contribution in [2.45, 2.75) is 13.0 Å². The van der Waals surface area contributed by atoms with Crippen molar-refractivity contribution < 1.29 is 13.6 Å². The van der Waals surface area contributed by atoms with Crippen LogP contribution in [0, 0.1) is 11.6 Å². The molecule has 0 atom stereocenters. The molecule has 0 aliphatic heterocycles. The molecule has 2 aromatic rings. The zero-order chi connectivity index (χ0) is 19.8. The molecule has 0 aliphatic rings. The van der Waals surface area contributed by atoms with Gasteiger partial charge in [0.05, 0.1) is 0 Å². The van der Waals surface area contributed by atoms with Gasteiger partial charge in [0.15, 0.2) is 5.96 Å². The van der Waals surface area contributed by atoms with Crippen molar-refractivity contribution in [1.29, 1.82) is 0 Å². The molecule has 0 fully saturated rings. The zero-order valence-corrected chi connectivity index (χ0v) is 15.7. The lowest BCUT2D eigenvalue weighted by Gasteiger charge is -2.13. The molecular formula is C20H24F2N4O.